The molecule has 3 fully saturated rings. The molecule has 4 heterocycles. The van der Waals surface area contributed by atoms with Crippen LogP contribution in [0.2, 0.25) is 0 Å². The zero-order valence-corrected chi connectivity index (χ0v) is 15.5. The highest BCUT2D eigenvalue weighted by molar-refractivity contribution is 7.20. The smallest absolute Gasteiger partial charge is 0.261 e. The van der Waals surface area contributed by atoms with Gasteiger partial charge < -0.3 is 5.32 Å². The van der Waals surface area contributed by atoms with Gasteiger partial charge in [-0.25, -0.2) is 4.39 Å². The molecule has 1 aromatic heterocycles. The number of carbonyl (C=O) groups excluding carboxylic acids is 1. The second-order valence-electron chi connectivity index (χ2n) is 7.22. The Morgan fingerprint density at radius 3 is 2.67 bits per heavy atom. The first-order valence-electron chi connectivity index (χ1n) is 8.20. The number of thiophene rings is 1. The van der Waals surface area contributed by atoms with Gasteiger partial charge in [0.2, 0.25) is 0 Å². The molecule has 1 unspecified atom stereocenters. The lowest BCUT2D eigenvalue weighted by atomic mass is 9.72. The van der Waals surface area contributed by atoms with Gasteiger partial charge >= 0.3 is 0 Å². The number of hydrogen-bond donors (Lipinski definition) is 1. The van der Waals surface area contributed by atoms with E-state index in [-0.39, 0.29) is 35.7 Å². The van der Waals surface area contributed by atoms with E-state index >= 15 is 0 Å². The fourth-order valence-electron chi connectivity index (χ4n) is 4.22. The minimum absolute atomic E-state index is 0. The molecule has 3 aliphatic rings. The van der Waals surface area contributed by atoms with Crippen LogP contribution in [0, 0.1) is 11.7 Å². The fourth-order valence-corrected chi connectivity index (χ4v) is 5.16. The molecule has 2 aromatic rings. The molecule has 3 aliphatic heterocycles. The molecular formula is C18H22ClFN2OS. The zero-order chi connectivity index (χ0) is 16.2. The number of rotatable bonds is 2. The first-order valence-corrected chi connectivity index (χ1v) is 9.02. The van der Waals surface area contributed by atoms with E-state index in [1.54, 1.807) is 12.1 Å². The van der Waals surface area contributed by atoms with Crippen molar-refractivity contribution < 1.29 is 9.18 Å². The minimum atomic E-state index is -0.263. The van der Waals surface area contributed by atoms with Gasteiger partial charge in [-0.3, -0.25) is 9.69 Å². The molecule has 24 heavy (non-hydrogen) atoms. The maximum absolute atomic E-state index is 13.3. The first-order chi connectivity index (χ1) is 10.9. The number of amides is 1. The topological polar surface area (TPSA) is 32.3 Å². The Balaban J connectivity index is 0.00000169. The molecule has 1 N–H and O–H groups in total. The lowest BCUT2D eigenvalue weighted by molar-refractivity contribution is -0.0377. The number of benzene rings is 1. The van der Waals surface area contributed by atoms with Gasteiger partial charge in [0, 0.05) is 16.3 Å². The molecule has 1 aromatic carbocycles. The van der Waals surface area contributed by atoms with Gasteiger partial charge in [0.1, 0.15) is 5.82 Å². The number of nitrogens with one attached hydrogen (secondary N) is 1. The summed E-state index contributed by atoms with van der Waals surface area (Å²) in [4.78, 5) is 15.9. The molecule has 2 bridgehead atoms. The Morgan fingerprint density at radius 2 is 2.00 bits per heavy atom. The second-order valence-corrected chi connectivity index (χ2v) is 8.31. The molecule has 1 amide bonds. The summed E-state index contributed by atoms with van der Waals surface area (Å²) in [5.74, 6) is 0.269. The molecular weight excluding hydrogens is 347 g/mol. The van der Waals surface area contributed by atoms with Gasteiger partial charge in [0.25, 0.3) is 5.91 Å². The summed E-state index contributed by atoms with van der Waals surface area (Å²) in [6.45, 7) is 6.71. The Morgan fingerprint density at radius 1 is 1.29 bits per heavy atom. The van der Waals surface area contributed by atoms with Crippen molar-refractivity contribution in [2.45, 2.75) is 38.3 Å². The van der Waals surface area contributed by atoms with Crippen molar-refractivity contribution in [3.05, 3.63) is 35.0 Å². The Hall–Kier alpha value is -1.17. The van der Waals surface area contributed by atoms with Crippen molar-refractivity contribution in [1.82, 2.24) is 10.2 Å². The fraction of sp³-hybridized carbons (Fsp3) is 0.500. The summed E-state index contributed by atoms with van der Waals surface area (Å²) in [5, 5.41) is 4.07. The van der Waals surface area contributed by atoms with E-state index < -0.39 is 0 Å². The lowest BCUT2D eigenvalue weighted by Gasteiger charge is -2.56. The molecule has 3 saturated heterocycles. The summed E-state index contributed by atoms with van der Waals surface area (Å²) in [6.07, 6.45) is 2.32. The van der Waals surface area contributed by atoms with Crippen LogP contribution in [-0.2, 0) is 0 Å². The maximum Gasteiger partial charge on any atom is 0.261 e. The predicted molar refractivity (Wildman–Crippen MR) is 98.7 cm³/mol. The third-order valence-electron chi connectivity index (χ3n) is 5.58. The lowest BCUT2D eigenvalue weighted by Crippen LogP contribution is -2.69. The highest BCUT2D eigenvalue weighted by atomic mass is 35.5. The van der Waals surface area contributed by atoms with E-state index in [1.807, 2.05) is 0 Å². The summed E-state index contributed by atoms with van der Waals surface area (Å²) >= 11 is 1.43. The van der Waals surface area contributed by atoms with Crippen molar-refractivity contribution >= 4 is 39.7 Å². The molecule has 6 heteroatoms. The van der Waals surface area contributed by atoms with Gasteiger partial charge in [-0.2, -0.15) is 0 Å². The summed E-state index contributed by atoms with van der Waals surface area (Å²) < 4.78 is 14.3. The van der Waals surface area contributed by atoms with Crippen LogP contribution in [0.15, 0.2) is 24.3 Å². The van der Waals surface area contributed by atoms with Gasteiger partial charge in [0.05, 0.1) is 4.88 Å². The molecule has 0 aliphatic carbocycles. The summed E-state index contributed by atoms with van der Waals surface area (Å²) in [7, 11) is 0. The number of carbonyl (C=O) groups is 1. The maximum atomic E-state index is 13.3. The van der Waals surface area contributed by atoms with Gasteiger partial charge in [-0.15, -0.1) is 23.7 Å². The molecule has 0 radical (unpaired) electrons. The average Bonchev–Trinajstić information content (AvgIpc) is 2.94. The van der Waals surface area contributed by atoms with Crippen LogP contribution in [0.4, 0.5) is 4.39 Å². The first kappa shape index (κ1) is 17.6. The second kappa shape index (κ2) is 6.28. The van der Waals surface area contributed by atoms with Crippen LogP contribution in [0.1, 0.15) is 36.4 Å². The minimum Gasteiger partial charge on any atom is -0.346 e. The predicted octanol–water partition coefficient (Wildman–Crippen LogP) is 4.06. The van der Waals surface area contributed by atoms with Crippen molar-refractivity contribution in [3.63, 3.8) is 0 Å². The van der Waals surface area contributed by atoms with Crippen LogP contribution in [0.25, 0.3) is 10.1 Å². The van der Waals surface area contributed by atoms with Crippen LogP contribution >= 0.6 is 23.7 Å². The van der Waals surface area contributed by atoms with Crippen LogP contribution in [0.3, 0.4) is 0 Å². The monoisotopic (exact) mass is 368 g/mol. The molecule has 1 atom stereocenters. The van der Waals surface area contributed by atoms with E-state index in [0.29, 0.717) is 10.8 Å². The van der Waals surface area contributed by atoms with Crippen molar-refractivity contribution in [2.75, 3.05) is 13.1 Å². The number of halogens is 2. The zero-order valence-electron chi connectivity index (χ0n) is 13.8. The molecule has 0 spiro atoms. The van der Waals surface area contributed by atoms with Gasteiger partial charge in [-0.05, 0) is 75.3 Å². The normalized spacial score (nSPS) is 27.7. The number of piperidine rings is 3. The van der Waals surface area contributed by atoms with E-state index in [0.717, 1.165) is 36.0 Å². The van der Waals surface area contributed by atoms with Crippen LogP contribution in [-0.4, -0.2) is 35.5 Å². The van der Waals surface area contributed by atoms with Crippen LogP contribution in [0.5, 0.6) is 0 Å². The van der Waals surface area contributed by atoms with Gasteiger partial charge in [0.15, 0.2) is 0 Å². The SMILES string of the molecule is CC1(C)C(NC(=O)c2cc3cc(F)ccc3s2)C2CCN1CC2.Cl. The number of fused-ring (bicyclic) bond motifs is 4. The summed E-state index contributed by atoms with van der Waals surface area (Å²) in [6, 6.07) is 6.65. The van der Waals surface area contributed by atoms with E-state index in [2.05, 4.69) is 24.1 Å². The summed E-state index contributed by atoms with van der Waals surface area (Å²) in [5.41, 5.74) is -0.000380. The highest BCUT2D eigenvalue weighted by Gasteiger charge is 2.48. The number of nitrogens with zero attached hydrogens (tertiary/aromatic N) is 1. The number of hydrogen-bond acceptors (Lipinski definition) is 3. The Kier molecular flexibility index (Phi) is 4.62. The molecule has 3 nitrogen and oxygen atoms in total. The Labute approximate surface area is 151 Å². The third kappa shape index (κ3) is 2.83. The standard InChI is InChI=1S/C18H21FN2OS.ClH/c1-18(2)16(11-5-7-21(18)8-6-11)20-17(22)15-10-12-9-13(19)3-4-14(12)23-15;/h3-4,9-11,16H,5-8H2,1-2H3,(H,20,22);1H. The quantitative estimate of drug-likeness (QED) is 0.866. The third-order valence-corrected chi connectivity index (χ3v) is 6.69. The van der Waals surface area contributed by atoms with Crippen molar-refractivity contribution in [2.24, 2.45) is 5.92 Å². The Bertz CT molecular complexity index is 767. The molecule has 130 valence electrons. The molecule has 0 saturated carbocycles. The van der Waals surface area contributed by atoms with Gasteiger partial charge in [-0.1, -0.05) is 0 Å². The van der Waals surface area contributed by atoms with E-state index in [9.17, 15) is 9.18 Å². The average molecular weight is 369 g/mol. The highest BCUT2D eigenvalue weighted by Crippen LogP contribution is 2.39. The molecule has 5 rings (SSSR count). The van der Waals surface area contributed by atoms with Crippen molar-refractivity contribution in [1.29, 1.82) is 0 Å². The largest absolute Gasteiger partial charge is 0.346 e. The van der Waals surface area contributed by atoms with Crippen LogP contribution < -0.4 is 5.32 Å². The van der Waals surface area contributed by atoms with E-state index in [4.69, 9.17) is 0 Å². The van der Waals surface area contributed by atoms with E-state index in [1.165, 1.54) is 23.5 Å². The van der Waals surface area contributed by atoms with Crippen molar-refractivity contribution in [3.8, 4) is 0 Å².